The second kappa shape index (κ2) is 7.81. The Balaban J connectivity index is 1.99. The van der Waals surface area contributed by atoms with Crippen molar-refractivity contribution in [2.45, 2.75) is 20.1 Å². The van der Waals surface area contributed by atoms with E-state index >= 15 is 0 Å². The van der Waals surface area contributed by atoms with Crippen LogP contribution in [0.1, 0.15) is 18.1 Å². The molecule has 2 rings (SSSR count). The van der Waals surface area contributed by atoms with Gasteiger partial charge in [0.15, 0.2) is 0 Å². The van der Waals surface area contributed by atoms with Gasteiger partial charge in [0.1, 0.15) is 12.4 Å². The number of benzene rings is 2. The van der Waals surface area contributed by atoms with Crippen LogP contribution in [0.4, 0.5) is 0 Å². The molecule has 0 aromatic heterocycles. The molecule has 0 fully saturated rings. The van der Waals surface area contributed by atoms with Crippen molar-refractivity contribution in [1.29, 1.82) is 0 Å². The van der Waals surface area contributed by atoms with Crippen LogP contribution >= 0.6 is 31.9 Å². The number of halogens is 2. The summed E-state index contributed by atoms with van der Waals surface area (Å²) in [5, 5.41) is 3.32. The van der Waals surface area contributed by atoms with Gasteiger partial charge < -0.3 is 10.1 Å². The molecular formula is C16H17Br2NO. The molecule has 20 heavy (non-hydrogen) atoms. The van der Waals surface area contributed by atoms with E-state index in [1.54, 1.807) is 0 Å². The van der Waals surface area contributed by atoms with Crippen molar-refractivity contribution in [2.24, 2.45) is 0 Å². The van der Waals surface area contributed by atoms with Gasteiger partial charge in [-0.1, -0.05) is 57.0 Å². The predicted molar refractivity (Wildman–Crippen MR) is 90.0 cm³/mol. The van der Waals surface area contributed by atoms with Crippen LogP contribution in [-0.4, -0.2) is 6.54 Å². The Morgan fingerprint density at radius 1 is 1.10 bits per heavy atom. The number of nitrogens with one attached hydrogen (secondary N) is 1. The second-order valence-corrected chi connectivity index (χ2v) is 6.22. The molecule has 4 heteroatoms. The molecular weight excluding hydrogens is 382 g/mol. The number of hydrogen-bond acceptors (Lipinski definition) is 2. The lowest BCUT2D eigenvalue weighted by Crippen LogP contribution is -2.11. The first-order chi connectivity index (χ1) is 9.69. The van der Waals surface area contributed by atoms with E-state index in [-0.39, 0.29) is 0 Å². The standard InChI is InChI=1S/C16H17Br2NO/c1-2-19-10-12-6-7-13(16(18)8-12)11-20-15-5-3-4-14(17)9-15/h3-9,19H,2,10-11H2,1H3. The Morgan fingerprint density at radius 2 is 1.95 bits per heavy atom. The third-order valence-electron chi connectivity index (χ3n) is 2.89. The van der Waals surface area contributed by atoms with E-state index in [9.17, 15) is 0 Å². The molecule has 0 bridgehead atoms. The number of ether oxygens (including phenoxy) is 1. The van der Waals surface area contributed by atoms with E-state index in [1.165, 1.54) is 5.56 Å². The fourth-order valence-corrected chi connectivity index (χ4v) is 2.72. The molecule has 1 N–H and O–H groups in total. The van der Waals surface area contributed by atoms with Crippen molar-refractivity contribution >= 4 is 31.9 Å². The van der Waals surface area contributed by atoms with Crippen molar-refractivity contribution in [2.75, 3.05) is 6.54 Å². The Bertz CT molecular complexity index is 572. The first-order valence-electron chi connectivity index (χ1n) is 6.55. The van der Waals surface area contributed by atoms with Crippen LogP contribution in [0.25, 0.3) is 0 Å². The van der Waals surface area contributed by atoms with Gasteiger partial charge >= 0.3 is 0 Å². The highest BCUT2D eigenvalue weighted by atomic mass is 79.9. The first kappa shape index (κ1) is 15.5. The Morgan fingerprint density at radius 3 is 2.65 bits per heavy atom. The van der Waals surface area contributed by atoms with Gasteiger partial charge in [-0.15, -0.1) is 0 Å². The topological polar surface area (TPSA) is 21.3 Å². The molecule has 0 saturated heterocycles. The summed E-state index contributed by atoms with van der Waals surface area (Å²) in [7, 11) is 0. The lowest BCUT2D eigenvalue weighted by atomic mass is 10.1. The highest BCUT2D eigenvalue weighted by molar-refractivity contribution is 9.10. The maximum atomic E-state index is 5.80. The minimum Gasteiger partial charge on any atom is -0.489 e. The van der Waals surface area contributed by atoms with Gasteiger partial charge in [0.05, 0.1) is 0 Å². The molecule has 106 valence electrons. The zero-order chi connectivity index (χ0) is 14.4. The van der Waals surface area contributed by atoms with Crippen LogP contribution in [-0.2, 0) is 13.2 Å². The average Bonchev–Trinajstić information content (AvgIpc) is 2.44. The van der Waals surface area contributed by atoms with Crippen molar-refractivity contribution in [3.63, 3.8) is 0 Å². The predicted octanol–water partition coefficient (Wildman–Crippen LogP) is 4.90. The van der Waals surface area contributed by atoms with E-state index in [1.807, 2.05) is 24.3 Å². The molecule has 0 amide bonds. The summed E-state index contributed by atoms with van der Waals surface area (Å²) in [6.07, 6.45) is 0. The van der Waals surface area contributed by atoms with Crippen LogP contribution in [0, 0.1) is 0 Å². The molecule has 0 aliphatic carbocycles. The maximum absolute atomic E-state index is 5.80. The SMILES string of the molecule is CCNCc1ccc(COc2cccc(Br)c2)c(Br)c1. The van der Waals surface area contributed by atoms with Crippen LogP contribution in [0.5, 0.6) is 5.75 Å². The Kier molecular flexibility index (Phi) is 6.07. The molecule has 0 aliphatic heterocycles. The molecule has 0 saturated carbocycles. The second-order valence-electron chi connectivity index (χ2n) is 4.45. The lowest BCUT2D eigenvalue weighted by molar-refractivity contribution is 0.305. The highest BCUT2D eigenvalue weighted by Crippen LogP contribution is 2.22. The summed E-state index contributed by atoms with van der Waals surface area (Å²) in [6.45, 7) is 4.53. The fraction of sp³-hybridized carbons (Fsp3) is 0.250. The van der Waals surface area contributed by atoms with Gasteiger partial charge in [0.25, 0.3) is 0 Å². The first-order valence-corrected chi connectivity index (χ1v) is 8.14. The highest BCUT2D eigenvalue weighted by Gasteiger charge is 2.03. The minimum atomic E-state index is 0.554. The molecule has 0 atom stereocenters. The van der Waals surface area contributed by atoms with Gasteiger partial charge in [0, 0.05) is 21.1 Å². The van der Waals surface area contributed by atoms with E-state index < -0.39 is 0 Å². The number of rotatable bonds is 6. The lowest BCUT2D eigenvalue weighted by Gasteiger charge is -2.10. The third-order valence-corrected chi connectivity index (χ3v) is 4.12. The Labute approximate surface area is 136 Å². The van der Waals surface area contributed by atoms with Crippen LogP contribution in [0.3, 0.4) is 0 Å². The summed E-state index contributed by atoms with van der Waals surface area (Å²) in [5.74, 6) is 0.864. The largest absolute Gasteiger partial charge is 0.489 e. The normalized spacial score (nSPS) is 10.6. The van der Waals surface area contributed by atoms with Gasteiger partial charge in [-0.3, -0.25) is 0 Å². The maximum Gasteiger partial charge on any atom is 0.120 e. The van der Waals surface area contributed by atoms with Crippen molar-refractivity contribution < 1.29 is 4.74 Å². The molecule has 0 heterocycles. The summed E-state index contributed by atoms with van der Waals surface area (Å²) < 4.78 is 7.91. The summed E-state index contributed by atoms with van der Waals surface area (Å²) in [4.78, 5) is 0. The van der Waals surface area contributed by atoms with E-state index in [4.69, 9.17) is 4.74 Å². The van der Waals surface area contributed by atoms with Crippen molar-refractivity contribution in [1.82, 2.24) is 5.32 Å². The van der Waals surface area contributed by atoms with Gasteiger partial charge in [-0.2, -0.15) is 0 Å². The smallest absolute Gasteiger partial charge is 0.120 e. The van der Waals surface area contributed by atoms with E-state index in [2.05, 4.69) is 62.3 Å². The van der Waals surface area contributed by atoms with E-state index in [0.717, 1.165) is 33.3 Å². The number of hydrogen-bond donors (Lipinski definition) is 1. The van der Waals surface area contributed by atoms with Gasteiger partial charge in [0.2, 0.25) is 0 Å². The molecule has 0 aliphatic rings. The summed E-state index contributed by atoms with van der Waals surface area (Å²) in [5.41, 5.74) is 2.41. The average molecular weight is 399 g/mol. The van der Waals surface area contributed by atoms with Crippen LogP contribution in [0.2, 0.25) is 0 Å². The van der Waals surface area contributed by atoms with Crippen molar-refractivity contribution in [3.8, 4) is 5.75 Å². The molecule has 2 aromatic carbocycles. The molecule has 0 radical (unpaired) electrons. The molecule has 2 aromatic rings. The molecule has 2 nitrogen and oxygen atoms in total. The zero-order valence-corrected chi connectivity index (χ0v) is 14.5. The third kappa shape index (κ3) is 4.62. The molecule has 0 unspecified atom stereocenters. The monoisotopic (exact) mass is 397 g/mol. The summed E-state index contributed by atoms with van der Waals surface area (Å²) in [6, 6.07) is 14.3. The van der Waals surface area contributed by atoms with Crippen LogP contribution < -0.4 is 10.1 Å². The molecule has 0 spiro atoms. The quantitative estimate of drug-likeness (QED) is 0.747. The fourth-order valence-electron chi connectivity index (χ4n) is 1.81. The van der Waals surface area contributed by atoms with Gasteiger partial charge in [-0.25, -0.2) is 0 Å². The minimum absolute atomic E-state index is 0.554. The van der Waals surface area contributed by atoms with Crippen molar-refractivity contribution in [3.05, 3.63) is 62.5 Å². The van der Waals surface area contributed by atoms with Crippen LogP contribution in [0.15, 0.2) is 51.4 Å². The summed E-state index contributed by atoms with van der Waals surface area (Å²) >= 11 is 7.05. The van der Waals surface area contributed by atoms with Gasteiger partial charge in [-0.05, 0) is 36.4 Å². The Hall–Kier alpha value is -0.840. The zero-order valence-electron chi connectivity index (χ0n) is 11.3. The van der Waals surface area contributed by atoms with E-state index in [0.29, 0.717) is 6.61 Å².